The van der Waals surface area contributed by atoms with Crippen LogP contribution in [-0.2, 0) is 0 Å². The topological polar surface area (TPSA) is 95.1 Å². The van der Waals surface area contributed by atoms with Crippen molar-refractivity contribution in [2.24, 2.45) is 0 Å². The highest BCUT2D eigenvalue weighted by Crippen LogP contribution is 2.31. The zero-order valence-corrected chi connectivity index (χ0v) is 34.7. The van der Waals surface area contributed by atoms with E-state index in [2.05, 4.69) is 127 Å². The lowest BCUT2D eigenvalue weighted by atomic mass is 10.1. The molecule has 5 fully saturated rings. The predicted octanol–water partition coefficient (Wildman–Crippen LogP) is 0.246. The third-order valence-corrected chi connectivity index (χ3v) is 13.0. The van der Waals surface area contributed by atoms with Gasteiger partial charge in [-0.1, -0.05) is 6.07 Å². The molecule has 0 aliphatic carbocycles. The van der Waals surface area contributed by atoms with Gasteiger partial charge in [0.2, 0.25) is 0 Å². The van der Waals surface area contributed by atoms with E-state index >= 15 is 0 Å². The Bertz CT molecular complexity index is 1610. The number of anilines is 3. The Labute approximate surface area is 341 Å². The van der Waals surface area contributed by atoms with Gasteiger partial charge in [-0.25, -0.2) is 4.98 Å². The monoisotopic (exact) mass is 782 g/mol. The summed E-state index contributed by atoms with van der Waals surface area (Å²) in [5.41, 5.74) is 2.49. The van der Waals surface area contributed by atoms with Crippen molar-refractivity contribution < 1.29 is 0 Å². The fourth-order valence-corrected chi connectivity index (χ4v) is 9.75. The summed E-state index contributed by atoms with van der Waals surface area (Å²) in [4.78, 5) is 40.5. The molecule has 0 bridgehead atoms. The number of rotatable bonds is 13. The van der Waals surface area contributed by atoms with Crippen molar-refractivity contribution in [3.8, 4) is 0 Å². The van der Waals surface area contributed by atoms with Crippen molar-refractivity contribution in [2.75, 3.05) is 167 Å². The van der Waals surface area contributed by atoms with Crippen LogP contribution in [0.1, 0.15) is 0 Å². The van der Waals surface area contributed by atoms with E-state index in [1.165, 1.54) is 11.4 Å². The van der Waals surface area contributed by atoms with E-state index in [9.17, 15) is 0 Å². The van der Waals surface area contributed by atoms with Crippen molar-refractivity contribution >= 4 is 17.2 Å². The van der Waals surface area contributed by atoms with Gasteiger partial charge in [-0.05, 0) is 57.5 Å². The van der Waals surface area contributed by atoms with Gasteiger partial charge in [0.1, 0.15) is 5.82 Å². The Hall–Kier alpha value is -3.51. The first-order chi connectivity index (χ1) is 28.0. The van der Waals surface area contributed by atoms with E-state index in [4.69, 9.17) is 4.98 Å². The van der Waals surface area contributed by atoms with Gasteiger partial charge in [0.05, 0.1) is 36.5 Å². The molecule has 3 aromatic rings. The minimum Gasteiger partial charge on any atom is -0.367 e. The van der Waals surface area contributed by atoms with Crippen LogP contribution in [0.25, 0.3) is 0 Å². The lowest BCUT2D eigenvalue weighted by Gasteiger charge is -2.59. The number of nitrogens with zero attached hydrogens (tertiary/aromatic N) is 13. The SMILES string of the molecule is CNCCN1CCNC(N2CCN(CCN(C)C)CC2N2CCN(c3ccncc3)CC2N2CCN(c3cccnc3)CC2N2CCN(c3ccccn3)CC2)C1. The molecule has 310 valence electrons. The lowest BCUT2D eigenvalue weighted by molar-refractivity contribution is -0.133. The third-order valence-electron chi connectivity index (χ3n) is 13.0. The van der Waals surface area contributed by atoms with Crippen molar-refractivity contribution in [3.05, 3.63) is 73.4 Å². The molecule has 4 unspecified atom stereocenters. The van der Waals surface area contributed by atoms with Gasteiger partial charge in [-0.3, -0.25) is 44.7 Å². The van der Waals surface area contributed by atoms with E-state index in [1.807, 2.05) is 37.1 Å². The molecule has 0 amide bonds. The first kappa shape index (κ1) is 40.3. The Morgan fingerprint density at radius 3 is 2.09 bits per heavy atom. The van der Waals surface area contributed by atoms with Gasteiger partial charge < -0.3 is 24.9 Å². The molecule has 0 spiro atoms. The molecule has 15 nitrogen and oxygen atoms in total. The maximum atomic E-state index is 4.72. The van der Waals surface area contributed by atoms with Gasteiger partial charge in [0, 0.05) is 161 Å². The minimum absolute atomic E-state index is 0.229. The average Bonchev–Trinajstić information content (AvgIpc) is 3.28. The maximum absolute atomic E-state index is 4.72. The van der Waals surface area contributed by atoms with E-state index < -0.39 is 0 Å². The van der Waals surface area contributed by atoms with Gasteiger partial charge in [-0.2, -0.15) is 0 Å². The van der Waals surface area contributed by atoms with Crippen LogP contribution in [-0.4, -0.2) is 226 Å². The highest BCUT2D eigenvalue weighted by molar-refractivity contribution is 5.46. The van der Waals surface area contributed by atoms with E-state index in [1.54, 1.807) is 0 Å². The molecule has 0 radical (unpaired) electrons. The minimum atomic E-state index is 0.229. The van der Waals surface area contributed by atoms with Crippen LogP contribution in [0.4, 0.5) is 17.2 Å². The number of hydrogen-bond acceptors (Lipinski definition) is 15. The van der Waals surface area contributed by atoms with Crippen LogP contribution in [0.15, 0.2) is 73.4 Å². The Kier molecular flexibility index (Phi) is 13.8. The summed E-state index contributed by atoms with van der Waals surface area (Å²) in [6.07, 6.45) is 10.9. The average molecular weight is 782 g/mol. The van der Waals surface area contributed by atoms with Gasteiger partial charge in [0.25, 0.3) is 0 Å². The van der Waals surface area contributed by atoms with Crippen LogP contribution < -0.4 is 25.3 Å². The summed E-state index contributed by atoms with van der Waals surface area (Å²) in [5.74, 6) is 1.08. The number of likely N-dealkylation sites (N-methyl/N-ethyl adjacent to an activating group) is 2. The smallest absolute Gasteiger partial charge is 0.128 e. The number of nitrogens with one attached hydrogen (secondary N) is 2. The zero-order chi connectivity index (χ0) is 39.0. The van der Waals surface area contributed by atoms with E-state index in [0.29, 0.717) is 12.3 Å². The standard InChI is InChI=1S/C42H67N15/c1-43-15-17-49-18-16-47-39(32-49)55-28-21-50(20-19-48(2)3)33-41(55)57-30-26-53(36-9-13-44-14-10-36)35-42(57)56-29-27-54(37-7-6-11-45-31-37)34-40(56)52-24-22-51(23-25-52)38-8-4-5-12-46-38/h4-14,31,39-43,47H,15-30,32-35H2,1-3H3. The van der Waals surface area contributed by atoms with Crippen molar-refractivity contribution in [3.63, 3.8) is 0 Å². The molecule has 5 aliphatic heterocycles. The molecule has 3 aromatic heterocycles. The number of piperazine rings is 5. The number of pyridine rings is 3. The number of hydrogen-bond donors (Lipinski definition) is 2. The number of aromatic nitrogens is 3. The molecule has 0 saturated carbocycles. The van der Waals surface area contributed by atoms with Crippen LogP contribution in [0.2, 0.25) is 0 Å². The van der Waals surface area contributed by atoms with E-state index in [-0.39, 0.29) is 12.3 Å². The fraction of sp³-hybridized carbons (Fsp3) is 0.643. The zero-order valence-electron chi connectivity index (χ0n) is 34.7. The quantitative estimate of drug-likeness (QED) is 0.248. The lowest BCUT2D eigenvalue weighted by Crippen LogP contribution is -2.76. The second kappa shape index (κ2) is 19.5. The van der Waals surface area contributed by atoms with Crippen LogP contribution in [0.5, 0.6) is 0 Å². The molecule has 57 heavy (non-hydrogen) atoms. The second-order valence-electron chi connectivity index (χ2n) is 16.7. The van der Waals surface area contributed by atoms with Gasteiger partial charge >= 0.3 is 0 Å². The molecule has 5 saturated heterocycles. The summed E-state index contributed by atoms with van der Waals surface area (Å²) < 4.78 is 0. The van der Waals surface area contributed by atoms with Gasteiger partial charge in [-0.15, -0.1) is 0 Å². The first-order valence-corrected chi connectivity index (χ1v) is 21.5. The Morgan fingerprint density at radius 2 is 1.35 bits per heavy atom. The summed E-state index contributed by atoms with van der Waals surface area (Å²) in [6, 6.07) is 15.0. The van der Waals surface area contributed by atoms with Crippen molar-refractivity contribution in [2.45, 2.75) is 24.7 Å². The summed E-state index contributed by atoms with van der Waals surface area (Å²) in [6.45, 7) is 20.5. The van der Waals surface area contributed by atoms with E-state index in [0.717, 1.165) is 137 Å². The van der Waals surface area contributed by atoms with Crippen LogP contribution in [0, 0.1) is 0 Å². The highest BCUT2D eigenvalue weighted by atomic mass is 15.6. The molecule has 8 rings (SSSR count). The third kappa shape index (κ3) is 9.86. The Balaban J connectivity index is 1.11. The van der Waals surface area contributed by atoms with Crippen molar-refractivity contribution in [1.82, 2.24) is 59.9 Å². The largest absolute Gasteiger partial charge is 0.367 e. The normalized spacial score (nSPS) is 27.1. The fourth-order valence-electron chi connectivity index (χ4n) is 9.75. The summed E-state index contributed by atoms with van der Waals surface area (Å²) >= 11 is 0. The summed E-state index contributed by atoms with van der Waals surface area (Å²) in [7, 11) is 6.48. The molecule has 4 atom stereocenters. The highest BCUT2D eigenvalue weighted by Gasteiger charge is 2.46. The van der Waals surface area contributed by atoms with Crippen LogP contribution in [0.3, 0.4) is 0 Å². The molecule has 8 heterocycles. The molecular weight excluding hydrogens is 715 g/mol. The molecule has 2 N–H and O–H groups in total. The Morgan fingerprint density at radius 1 is 0.632 bits per heavy atom. The second-order valence-corrected chi connectivity index (χ2v) is 16.7. The first-order valence-electron chi connectivity index (χ1n) is 21.5. The predicted molar refractivity (Wildman–Crippen MR) is 230 cm³/mol. The van der Waals surface area contributed by atoms with Gasteiger partial charge in [0.15, 0.2) is 0 Å². The molecule has 15 heteroatoms. The van der Waals surface area contributed by atoms with Crippen molar-refractivity contribution in [1.29, 1.82) is 0 Å². The molecule has 5 aliphatic rings. The molecular formula is C42H67N15. The van der Waals surface area contributed by atoms with Crippen LogP contribution >= 0.6 is 0 Å². The maximum Gasteiger partial charge on any atom is 0.128 e. The summed E-state index contributed by atoms with van der Waals surface area (Å²) in [5, 5.41) is 7.40. The molecule has 0 aromatic carbocycles.